The molecule has 4 atom stereocenters. The Kier molecular flexibility index (Phi) is 4.98. The molecule has 0 bridgehead atoms. The van der Waals surface area contributed by atoms with Crippen molar-refractivity contribution in [2.24, 2.45) is 17.4 Å². The fourth-order valence-electron chi connectivity index (χ4n) is 3.48. The van der Waals surface area contributed by atoms with Crippen LogP contribution in [0.25, 0.3) is 0 Å². The number of carboxylic acids is 1. The molecule has 1 saturated carbocycles. The van der Waals surface area contributed by atoms with Gasteiger partial charge in [0.05, 0.1) is 11.5 Å². The Morgan fingerprint density at radius 1 is 1.24 bits per heavy atom. The number of benzene rings is 1. The molecular formula is C16H22BN3O5. The standard InChI is InChI=1S/C16H22BN3O5/c18-11-5-4-9(6-12(11)19)15(21)20-13-7-8-2-1-3-10(16(22)23)14(8)25-17(13)24/h1-3,9,11-13,24H,4-7,18-19H2,(H,20,21)(H,22,23)/t9-,11+,12+,13-/m0/s1. The minimum Gasteiger partial charge on any atom is -0.534 e. The van der Waals surface area contributed by atoms with E-state index in [0.29, 0.717) is 31.2 Å². The zero-order valence-electron chi connectivity index (χ0n) is 13.7. The van der Waals surface area contributed by atoms with Crippen molar-refractivity contribution in [2.45, 2.75) is 43.7 Å². The molecular weight excluding hydrogens is 325 g/mol. The molecule has 0 radical (unpaired) electrons. The summed E-state index contributed by atoms with van der Waals surface area (Å²) in [7, 11) is -1.31. The zero-order valence-corrected chi connectivity index (χ0v) is 13.7. The zero-order chi connectivity index (χ0) is 18.1. The first-order chi connectivity index (χ1) is 11.9. The van der Waals surface area contributed by atoms with Gasteiger partial charge < -0.3 is 31.6 Å². The first kappa shape index (κ1) is 17.7. The Hall–Kier alpha value is -2.10. The number of fused-ring (bicyclic) bond motifs is 1. The molecule has 0 saturated heterocycles. The van der Waals surface area contributed by atoms with E-state index in [1.165, 1.54) is 6.07 Å². The second-order valence-corrected chi connectivity index (χ2v) is 6.76. The maximum Gasteiger partial charge on any atom is 0.547 e. The van der Waals surface area contributed by atoms with E-state index in [-0.39, 0.29) is 35.2 Å². The molecule has 2 aliphatic rings. The van der Waals surface area contributed by atoms with Gasteiger partial charge in [-0.2, -0.15) is 0 Å². The van der Waals surface area contributed by atoms with Crippen molar-refractivity contribution in [3.63, 3.8) is 0 Å². The molecule has 1 fully saturated rings. The molecule has 0 unspecified atom stereocenters. The Labute approximate surface area is 145 Å². The minimum atomic E-state index is -1.31. The lowest BCUT2D eigenvalue weighted by molar-refractivity contribution is -0.126. The van der Waals surface area contributed by atoms with Gasteiger partial charge in [0.2, 0.25) is 5.91 Å². The maximum absolute atomic E-state index is 12.5. The van der Waals surface area contributed by atoms with Crippen LogP contribution in [0.1, 0.15) is 35.2 Å². The summed E-state index contributed by atoms with van der Waals surface area (Å²) in [4.78, 5) is 23.7. The van der Waals surface area contributed by atoms with E-state index in [4.69, 9.17) is 16.1 Å². The van der Waals surface area contributed by atoms with Gasteiger partial charge in [0.25, 0.3) is 0 Å². The number of hydrogen-bond acceptors (Lipinski definition) is 6. The third-order valence-electron chi connectivity index (χ3n) is 5.00. The van der Waals surface area contributed by atoms with Crippen molar-refractivity contribution >= 4 is 19.0 Å². The Morgan fingerprint density at radius 2 is 2.00 bits per heavy atom. The highest BCUT2D eigenvalue weighted by Crippen LogP contribution is 2.30. The minimum absolute atomic E-state index is 0.00596. The van der Waals surface area contributed by atoms with Gasteiger partial charge in [0, 0.05) is 18.0 Å². The smallest absolute Gasteiger partial charge is 0.534 e. The predicted molar refractivity (Wildman–Crippen MR) is 90.9 cm³/mol. The number of amides is 1. The number of carbonyl (C=O) groups is 2. The van der Waals surface area contributed by atoms with Crippen LogP contribution in [0.15, 0.2) is 18.2 Å². The second-order valence-electron chi connectivity index (χ2n) is 6.76. The number of carbonyl (C=O) groups excluding carboxylic acids is 1. The van der Waals surface area contributed by atoms with Crippen LogP contribution < -0.4 is 21.4 Å². The average molecular weight is 347 g/mol. The molecule has 1 aliphatic heterocycles. The van der Waals surface area contributed by atoms with Crippen molar-refractivity contribution < 1.29 is 24.4 Å². The Bertz CT molecular complexity index is 686. The van der Waals surface area contributed by atoms with Crippen molar-refractivity contribution in [1.29, 1.82) is 0 Å². The van der Waals surface area contributed by atoms with Crippen molar-refractivity contribution in [2.75, 3.05) is 0 Å². The number of aromatic carboxylic acids is 1. The number of para-hydroxylation sites is 1. The van der Waals surface area contributed by atoms with E-state index in [2.05, 4.69) is 5.32 Å². The molecule has 0 aromatic heterocycles. The SMILES string of the molecule is N[C@@H]1CC[C@H](C(=O)N[C@H]2Cc3cccc(C(=O)O)c3OB2O)C[C@H]1N. The topological polar surface area (TPSA) is 148 Å². The van der Waals surface area contributed by atoms with Crippen LogP contribution in [-0.2, 0) is 11.2 Å². The quantitative estimate of drug-likeness (QED) is 0.453. The summed E-state index contributed by atoms with van der Waals surface area (Å²) in [6.45, 7) is 0. The molecule has 0 spiro atoms. The fourth-order valence-corrected chi connectivity index (χ4v) is 3.48. The van der Waals surface area contributed by atoms with E-state index in [9.17, 15) is 19.7 Å². The van der Waals surface area contributed by atoms with Crippen molar-refractivity contribution in [1.82, 2.24) is 5.32 Å². The lowest BCUT2D eigenvalue weighted by atomic mass is 9.71. The van der Waals surface area contributed by atoms with Crippen LogP contribution in [0.3, 0.4) is 0 Å². The number of nitrogens with one attached hydrogen (secondary N) is 1. The molecule has 1 aromatic rings. The van der Waals surface area contributed by atoms with Crippen molar-refractivity contribution in [3.8, 4) is 5.75 Å². The summed E-state index contributed by atoms with van der Waals surface area (Å²) in [6.07, 6.45) is 2.15. The van der Waals surface area contributed by atoms with Gasteiger partial charge in [0.1, 0.15) is 5.75 Å². The van der Waals surface area contributed by atoms with Gasteiger partial charge in [-0.25, -0.2) is 4.79 Å². The van der Waals surface area contributed by atoms with E-state index in [1.54, 1.807) is 12.1 Å². The fraction of sp³-hybridized carbons (Fsp3) is 0.500. The molecule has 1 heterocycles. The van der Waals surface area contributed by atoms with E-state index < -0.39 is 19.0 Å². The highest BCUT2D eigenvalue weighted by atomic mass is 16.5. The first-order valence-corrected chi connectivity index (χ1v) is 8.38. The van der Waals surface area contributed by atoms with E-state index in [1.807, 2.05) is 0 Å². The van der Waals surface area contributed by atoms with Gasteiger partial charge >= 0.3 is 13.1 Å². The number of carboxylic acid groups (broad SMARTS) is 1. The third kappa shape index (κ3) is 3.63. The van der Waals surface area contributed by atoms with Gasteiger partial charge in [0.15, 0.2) is 0 Å². The Morgan fingerprint density at radius 3 is 2.68 bits per heavy atom. The molecule has 25 heavy (non-hydrogen) atoms. The number of nitrogens with two attached hydrogens (primary N) is 2. The number of hydrogen-bond donors (Lipinski definition) is 5. The largest absolute Gasteiger partial charge is 0.547 e. The lowest BCUT2D eigenvalue weighted by Crippen LogP contribution is -2.56. The Balaban J connectivity index is 1.69. The van der Waals surface area contributed by atoms with E-state index >= 15 is 0 Å². The van der Waals surface area contributed by atoms with Crippen LogP contribution in [0.5, 0.6) is 5.75 Å². The van der Waals surface area contributed by atoms with E-state index in [0.717, 1.165) is 0 Å². The van der Waals surface area contributed by atoms with Crippen LogP contribution in [0.4, 0.5) is 0 Å². The maximum atomic E-state index is 12.5. The molecule has 7 N–H and O–H groups in total. The van der Waals surface area contributed by atoms with Gasteiger partial charge in [-0.3, -0.25) is 4.79 Å². The van der Waals surface area contributed by atoms with Crippen LogP contribution in [-0.4, -0.2) is 47.2 Å². The molecule has 8 nitrogen and oxygen atoms in total. The molecule has 1 amide bonds. The molecule has 3 rings (SSSR count). The summed E-state index contributed by atoms with van der Waals surface area (Å²) in [5.41, 5.74) is 12.4. The average Bonchev–Trinajstić information content (AvgIpc) is 2.57. The number of rotatable bonds is 3. The highest BCUT2D eigenvalue weighted by molar-refractivity contribution is 6.47. The summed E-state index contributed by atoms with van der Waals surface area (Å²) in [5.74, 6) is -2.05. The molecule has 134 valence electrons. The third-order valence-corrected chi connectivity index (χ3v) is 5.00. The normalized spacial score (nSPS) is 28.7. The van der Waals surface area contributed by atoms with Gasteiger partial charge in [-0.15, -0.1) is 0 Å². The molecule has 1 aromatic carbocycles. The summed E-state index contributed by atoms with van der Waals surface area (Å²) in [6, 6.07) is 4.45. The predicted octanol–water partition coefficient (Wildman–Crippen LogP) is -0.721. The first-order valence-electron chi connectivity index (χ1n) is 8.38. The molecule has 1 aliphatic carbocycles. The van der Waals surface area contributed by atoms with Gasteiger partial charge in [-0.05, 0) is 37.3 Å². The van der Waals surface area contributed by atoms with Crippen molar-refractivity contribution in [3.05, 3.63) is 29.3 Å². The lowest BCUT2D eigenvalue weighted by Gasteiger charge is -2.33. The van der Waals surface area contributed by atoms with Crippen LogP contribution in [0.2, 0.25) is 0 Å². The van der Waals surface area contributed by atoms with Crippen LogP contribution >= 0.6 is 0 Å². The summed E-state index contributed by atoms with van der Waals surface area (Å²) < 4.78 is 5.38. The summed E-state index contributed by atoms with van der Waals surface area (Å²) in [5, 5.41) is 22.2. The molecule has 9 heteroatoms. The highest BCUT2D eigenvalue weighted by Gasteiger charge is 2.39. The van der Waals surface area contributed by atoms with Gasteiger partial charge in [-0.1, -0.05) is 12.1 Å². The van der Waals surface area contributed by atoms with Crippen LogP contribution in [0, 0.1) is 5.92 Å². The summed E-state index contributed by atoms with van der Waals surface area (Å²) >= 11 is 0. The monoisotopic (exact) mass is 347 g/mol. The second kappa shape index (κ2) is 7.03.